The lowest BCUT2D eigenvalue weighted by Crippen LogP contribution is -2.65. The van der Waals surface area contributed by atoms with Crippen LogP contribution in [0.3, 0.4) is 0 Å². The van der Waals surface area contributed by atoms with Crippen molar-refractivity contribution in [1.82, 2.24) is 9.88 Å². The van der Waals surface area contributed by atoms with Gasteiger partial charge in [0, 0.05) is 29.8 Å². The number of ether oxygens (including phenoxy) is 2. The summed E-state index contributed by atoms with van der Waals surface area (Å²) in [5.41, 5.74) is 5.75. The van der Waals surface area contributed by atoms with E-state index in [1.807, 2.05) is 7.11 Å². The van der Waals surface area contributed by atoms with E-state index >= 15 is 0 Å². The third-order valence-corrected chi connectivity index (χ3v) is 9.41. The largest absolute Gasteiger partial charge is 0.376 e. The Balaban J connectivity index is 1.64. The molecule has 4 aliphatic heterocycles. The molecule has 1 fully saturated rings. The van der Waals surface area contributed by atoms with Gasteiger partial charge in [0.15, 0.2) is 5.72 Å². The van der Waals surface area contributed by atoms with Crippen molar-refractivity contribution in [3.63, 3.8) is 0 Å². The van der Waals surface area contributed by atoms with Gasteiger partial charge in [-0.3, -0.25) is 4.79 Å². The van der Waals surface area contributed by atoms with Gasteiger partial charge in [0.2, 0.25) is 0 Å². The van der Waals surface area contributed by atoms with Gasteiger partial charge in [-0.15, -0.1) is 0 Å². The maximum atomic E-state index is 13.4. The second-order valence-electron chi connectivity index (χ2n) is 11.2. The molecule has 5 aliphatic rings. The van der Waals surface area contributed by atoms with Crippen molar-refractivity contribution in [3.8, 4) is 0 Å². The molecule has 1 amide bonds. The van der Waals surface area contributed by atoms with Crippen molar-refractivity contribution in [2.75, 3.05) is 12.0 Å². The minimum absolute atomic E-state index is 0.0297. The SMILES string of the molecule is CO[C@H]1[C@@H](C)C[C@@H]2O[C@@]1(C)N1c3c(c4c(c5c6ccccc6n2c35)C(=O)NC4)C2(C)C=CC=CC12. The number of aromatic nitrogens is 1. The Morgan fingerprint density at radius 1 is 1.20 bits per heavy atom. The van der Waals surface area contributed by atoms with Crippen molar-refractivity contribution in [2.24, 2.45) is 5.92 Å². The average Bonchev–Trinajstić information content (AvgIpc) is 3.44. The summed E-state index contributed by atoms with van der Waals surface area (Å²) in [6.45, 7) is 7.36. The highest BCUT2D eigenvalue weighted by atomic mass is 16.6. The van der Waals surface area contributed by atoms with Crippen molar-refractivity contribution in [3.05, 3.63) is 65.3 Å². The van der Waals surface area contributed by atoms with Gasteiger partial charge in [-0.25, -0.2) is 0 Å². The molecule has 0 spiro atoms. The van der Waals surface area contributed by atoms with Crippen LogP contribution in [0.2, 0.25) is 0 Å². The van der Waals surface area contributed by atoms with Crippen LogP contribution in [-0.2, 0) is 21.4 Å². The summed E-state index contributed by atoms with van der Waals surface area (Å²) in [5, 5.41) is 5.35. The van der Waals surface area contributed by atoms with E-state index in [0.717, 1.165) is 39.4 Å². The third-order valence-electron chi connectivity index (χ3n) is 9.41. The first-order chi connectivity index (χ1) is 16.9. The molecule has 1 aromatic heterocycles. The van der Waals surface area contributed by atoms with Crippen molar-refractivity contribution in [2.45, 2.75) is 63.3 Å². The maximum absolute atomic E-state index is 13.4. The van der Waals surface area contributed by atoms with E-state index in [1.165, 1.54) is 11.3 Å². The number of allylic oxidation sites excluding steroid dienone is 2. The van der Waals surface area contributed by atoms with Crippen LogP contribution in [-0.4, -0.2) is 35.5 Å². The molecule has 0 saturated carbocycles. The molecular weight excluding hydrogens is 438 g/mol. The van der Waals surface area contributed by atoms with Gasteiger partial charge in [0.1, 0.15) is 12.3 Å². The van der Waals surface area contributed by atoms with Crippen LogP contribution >= 0.6 is 0 Å². The first-order valence-electron chi connectivity index (χ1n) is 12.7. The van der Waals surface area contributed by atoms with Crippen LogP contribution in [0.15, 0.2) is 48.6 Å². The van der Waals surface area contributed by atoms with Gasteiger partial charge in [-0.1, -0.05) is 49.4 Å². The molecule has 2 aromatic carbocycles. The molecule has 6 atom stereocenters. The average molecular weight is 468 g/mol. The van der Waals surface area contributed by atoms with Crippen LogP contribution in [0.1, 0.15) is 54.9 Å². The fraction of sp³-hybridized carbons (Fsp3) is 0.414. The predicted octanol–water partition coefficient (Wildman–Crippen LogP) is 4.91. The summed E-state index contributed by atoms with van der Waals surface area (Å²) < 4.78 is 15.7. The third kappa shape index (κ3) is 2.06. The number of benzene rings is 2. The van der Waals surface area contributed by atoms with E-state index in [4.69, 9.17) is 9.47 Å². The number of methoxy groups -OCH3 is 1. The van der Waals surface area contributed by atoms with E-state index in [9.17, 15) is 4.79 Å². The van der Waals surface area contributed by atoms with Gasteiger partial charge in [0.25, 0.3) is 5.91 Å². The van der Waals surface area contributed by atoms with Gasteiger partial charge < -0.3 is 24.3 Å². The smallest absolute Gasteiger partial charge is 0.252 e. The molecule has 8 rings (SSSR count). The van der Waals surface area contributed by atoms with Crippen LogP contribution in [0.5, 0.6) is 0 Å². The topological polar surface area (TPSA) is 55.7 Å². The number of hydrogen-bond donors (Lipinski definition) is 1. The fourth-order valence-corrected chi connectivity index (χ4v) is 8.19. The number of carbonyl (C=O) groups is 1. The number of hydrogen-bond acceptors (Lipinski definition) is 4. The molecule has 3 aromatic rings. The van der Waals surface area contributed by atoms with E-state index < -0.39 is 5.72 Å². The predicted molar refractivity (Wildman–Crippen MR) is 136 cm³/mol. The Morgan fingerprint density at radius 2 is 2.03 bits per heavy atom. The van der Waals surface area contributed by atoms with E-state index in [1.54, 1.807) is 0 Å². The van der Waals surface area contributed by atoms with Crippen LogP contribution in [0, 0.1) is 5.92 Å². The van der Waals surface area contributed by atoms with Gasteiger partial charge >= 0.3 is 0 Å². The number of rotatable bonds is 1. The number of fused-ring (bicyclic) bond motifs is 13. The molecular formula is C29H29N3O3. The van der Waals surface area contributed by atoms with Gasteiger partial charge in [0.05, 0.1) is 28.3 Å². The highest BCUT2D eigenvalue weighted by molar-refractivity contribution is 6.24. The zero-order chi connectivity index (χ0) is 23.9. The lowest BCUT2D eigenvalue weighted by atomic mass is 9.73. The number of anilines is 1. The van der Waals surface area contributed by atoms with Crippen molar-refractivity contribution < 1.29 is 14.3 Å². The minimum Gasteiger partial charge on any atom is -0.376 e. The Morgan fingerprint density at radius 3 is 2.86 bits per heavy atom. The highest BCUT2D eigenvalue weighted by Gasteiger charge is 2.62. The molecule has 6 nitrogen and oxygen atoms in total. The van der Waals surface area contributed by atoms with Gasteiger partial charge in [-0.05, 0) is 43.4 Å². The number of carbonyl (C=O) groups excluding carboxylic acids is 1. The Labute approximate surface area is 204 Å². The summed E-state index contributed by atoms with van der Waals surface area (Å²) in [6.07, 6.45) is 9.53. The first kappa shape index (κ1) is 20.1. The fourth-order valence-electron chi connectivity index (χ4n) is 8.19. The van der Waals surface area contributed by atoms with Crippen molar-refractivity contribution >= 4 is 33.4 Å². The van der Waals surface area contributed by atoms with Crippen LogP contribution in [0.25, 0.3) is 21.8 Å². The van der Waals surface area contributed by atoms with E-state index in [2.05, 4.69) is 84.1 Å². The summed E-state index contributed by atoms with van der Waals surface area (Å²) in [6, 6.07) is 8.55. The molecule has 2 unspecified atom stereocenters. The first-order valence-corrected chi connectivity index (χ1v) is 12.7. The van der Waals surface area contributed by atoms with Crippen molar-refractivity contribution in [1.29, 1.82) is 0 Å². The monoisotopic (exact) mass is 467 g/mol. The normalized spacial score (nSPS) is 36.0. The van der Waals surface area contributed by atoms with Crippen LogP contribution < -0.4 is 10.2 Å². The second-order valence-corrected chi connectivity index (χ2v) is 11.2. The molecule has 0 radical (unpaired) electrons. The molecule has 2 bridgehead atoms. The van der Waals surface area contributed by atoms with Crippen LogP contribution in [0.4, 0.5) is 5.69 Å². The van der Waals surface area contributed by atoms with E-state index in [0.29, 0.717) is 12.5 Å². The maximum Gasteiger partial charge on any atom is 0.252 e. The summed E-state index contributed by atoms with van der Waals surface area (Å²) >= 11 is 0. The number of nitrogens with zero attached hydrogens (tertiary/aromatic N) is 2. The summed E-state index contributed by atoms with van der Waals surface area (Å²) in [4.78, 5) is 15.9. The van der Waals surface area contributed by atoms with E-state index in [-0.39, 0.29) is 29.7 Å². The highest BCUT2D eigenvalue weighted by Crippen LogP contribution is 2.62. The molecule has 5 heterocycles. The molecule has 35 heavy (non-hydrogen) atoms. The molecule has 178 valence electrons. The quantitative estimate of drug-likeness (QED) is 0.553. The lowest BCUT2D eigenvalue weighted by Gasteiger charge is -2.53. The Hall–Kier alpha value is -3.09. The second kappa shape index (κ2) is 6.18. The number of nitrogens with one attached hydrogen (secondary N) is 1. The minimum atomic E-state index is -0.666. The zero-order valence-electron chi connectivity index (χ0n) is 20.5. The molecule has 1 aliphatic carbocycles. The molecule has 1 saturated heterocycles. The summed E-state index contributed by atoms with van der Waals surface area (Å²) in [7, 11) is 1.81. The standard InChI is InChI=1S/C29H29N3O3/c1-15-13-20-31-18-10-6-5-9-16(18)21-22-17(14-30-27(22)33)23-25(24(21)31)32(29(3,35-20)26(15)34-4)19-11-7-8-12-28(19,23)2/h5-12,15,19-20,26H,13-14H2,1-4H3,(H,30,33)/t15-,19?,20-,26-,28?,29+/m0/s1. The molecule has 1 N–H and O–H groups in total. The Bertz CT molecular complexity index is 1550. The van der Waals surface area contributed by atoms with Gasteiger partial charge in [-0.2, -0.15) is 0 Å². The number of amides is 1. The number of para-hydroxylation sites is 1. The zero-order valence-corrected chi connectivity index (χ0v) is 20.5. The Kier molecular flexibility index (Phi) is 3.55. The summed E-state index contributed by atoms with van der Waals surface area (Å²) in [5.74, 6) is 0.324. The lowest BCUT2D eigenvalue weighted by molar-refractivity contribution is -0.228. The molecule has 6 heteroatoms.